The summed E-state index contributed by atoms with van der Waals surface area (Å²) >= 11 is 5.92. The van der Waals surface area contributed by atoms with Crippen molar-refractivity contribution in [1.29, 1.82) is 0 Å². The van der Waals surface area contributed by atoms with Crippen LogP contribution in [0.1, 0.15) is 20.1 Å². The van der Waals surface area contributed by atoms with E-state index in [9.17, 15) is 23.9 Å². The molecule has 4 N–H and O–H groups in total. The summed E-state index contributed by atoms with van der Waals surface area (Å²) in [6.07, 6.45) is 3.70. The van der Waals surface area contributed by atoms with E-state index in [0.29, 0.717) is 0 Å². The van der Waals surface area contributed by atoms with Gasteiger partial charge in [-0.05, 0) is 18.5 Å². The number of hydrogen-bond donors (Lipinski definition) is 3. The molecule has 0 radical (unpaired) electrons. The van der Waals surface area contributed by atoms with Crippen LogP contribution in [-0.4, -0.2) is 73.0 Å². The first-order chi connectivity index (χ1) is 15.8. The Kier molecular flexibility index (Phi) is 7.18. The number of methoxy groups -OCH3 is 1. The molecule has 16 heteroatoms. The van der Waals surface area contributed by atoms with Gasteiger partial charge in [0.15, 0.2) is 23.8 Å². The van der Waals surface area contributed by atoms with Crippen molar-refractivity contribution in [2.75, 3.05) is 19.5 Å². The van der Waals surface area contributed by atoms with Gasteiger partial charge in [-0.2, -0.15) is 9.97 Å². The first kappa shape index (κ1) is 25.8. The van der Waals surface area contributed by atoms with Crippen LogP contribution in [0, 0.1) is 17.8 Å². The van der Waals surface area contributed by atoms with Gasteiger partial charge in [-0.3, -0.25) is 13.9 Å². The van der Waals surface area contributed by atoms with E-state index >= 15 is 0 Å². The number of esters is 2. The molecule has 0 aliphatic carbocycles. The maximum atomic E-state index is 11.9. The Bertz CT molecular complexity index is 1210. The molecular formula is C18H21ClN5O9P. The Morgan fingerprint density at radius 3 is 2.71 bits per heavy atom. The highest BCUT2D eigenvalue weighted by Gasteiger charge is 2.57. The molecule has 0 aromatic carbocycles. The van der Waals surface area contributed by atoms with Crippen molar-refractivity contribution in [3.63, 3.8) is 0 Å². The standard InChI is InChI=1S/C18H21ClN5O9P/c1-5-18(3)9(6-31-16(15(26)30-4)34(27,28)29)33-14(11(18)32-8(2)25)24-7-21-10-12(20)22-17(19)23-13(10)24/h1,7,9,11,14,16H,6H2,2-4H3,(H2,20,22,23)(H2,27,28,29)/t9-,11+,14-,16?,18+/m1/s1. The lowest BCUT2D eigenvalue weighted by Gasteiger charge is -2.30. The van der Waals surface area contributed by atoms with E-state index in [1.165, 1.54) is 24.7 Å². The van der Waals surface area contributed by atoms with Crippen molar-refractivity contribution in [3.8, 4) is 12.3 Å². The number of hydrogen-bond acceptors (Lipinski definition) is 11. The molecule has 184 valence electrons. The predicted molar refractivity (Wildman–Crippen MR) is 115 cm³/mol. The second-order valence-corrected chi connectivity index (χ2v) is 9.46. The number of ether oxygens (including phenoxy) is 4. The Labute approximate surface area is 197 Å². The first-order valence-corrected chi connectivity index (χ1v) is 11.6. The van der Waals surface area contributed by atoms with Crippen LogP contribution in [0.3, 0.4) is 0 Å². The minimum absolute atomic E-state index is 0.00191. The molecule has 0 saturated carbocycles. The number of nitrogens with two attached hydrogens (primary N) is 1. The normalized spacial score (nSPS) is 25.6. The lowest BCUT2D eigenvalue weighted by Crippen LogP contribution is -2.42. The van der Waals surface area contributed by atoms with Crippen molar-refractivity contribution in [1.82, 2.24) is 19.5 Å². The molecule has 1 aliphatic rings. The van der Waals surface area contributed by atoms with Crippen LogP contribution in [0.15, 0.2) is 6.33 Å². The first-order valence-electron chi connectivity index (χ1n) is 9.54. The summed E-state index contributed by atoms with van der Waals surface area (Å²) in [5.41, 5.74) is 4.82. The molecule has 1 saturated heterocycles. The maximum Gasteiger partial charge on any atom is 0.365 e. The van der Waals surface area contributed by atoms with Crippen LogP contribution in [0.4, 0.5) is 5.82 Å². The Hall–Kier alpha value is -2.79. The fourth-order valence-corrected chi connectivity index (χ4v) is 4.33. The Balaban J connectivity index is 2.02. The maximum absolute atomic E-state index is 11.9. The lowest BCUT2D eigenvalue weighted by atomic mass is 9.81. The summed E-state index contributed by atoms with van der Waals surface area (Å²) in [6.45, 7) is 2.13. The van der Waals surface area contributed by atoms with Gasteiger partial charge < -0.3 is 34.5 Å². The molecular weight excluding hydrogens is 497 g/mol. The number of carbonyl (C=O) groups excluding carboxylic acids is 2. The molecule has 2 aromatic heterocycles. The topological polar surface area (TPSA) is 198 Å². The van der Waals surface area contributed by atoms with Crippen molar-refractivity contribution in [3.05, 3.63) is 11.6 Å². The van der Waals surface area contributed by atoms with Crippen molar-refractivity contribution < 1.29 is 42.9 Å². The minimum Gasteiger partial charge on any atom is -0.467 e. The van der Waals surface area contributed by atoms with Gasteiger partial charge in [0, 0.05) is 6.92 Å². The number of aromatic nitrogens is 4. The van der Waals surface area contributed by atoms with Gasteiger partial charge in [0.05, 0.1) is 25.5 Å². The summed E-state index contributed by atoms with van der Waals surface area (Å²) < 4.78 is 34.2. The van der Waals surface area contributed by atoms with Gasteiger partial charge in [-0.25, -0.2) is 9.78 Å². The van der Waals surface area contributed by atoms with E-state index in [2.05, 4.69) is 25.6 Å². The summed E-state index contributed by atoms with van der Waals surface area (Å²) in [7, 11) is -4.10. The van der Waals surface area contributed by atoms with E-state index < -0.39 is 55.8 Å². The van der Waals surface area contributed by atoms with Crippen LogP contribution in [0.25, 0.3) is 11.2 Å². The second kappa shape index (κ2) is 9.46. The summed E-state index contributed by atoms with van der Waals surface area (Å²) in [6, 6.07) is 0. The van der Waals surface area contributed by atoms with Gasteiger partial charge >= 0.3 is 19.5 Å². The predicted octanol–water partition coefficient (Wildman–Crippen LogP) is 0.224. The third-order valence-corrected chi connectivity index (χ3v) is 6.38. The third-order valence-electron chi connectivity index (χ3n) is 5.24. The number of anilines is 1. The van der Waals surface area contributed by atoms with Crippen LogP contribution in [-0.2, 0) is 33.1 Å². The van der Waals surface area contributed by atoms with E-state index in [0.717, 1.165) is 7.11 Å². The third kappa shape index (κ3) is 4.72. The van der Waals surface area contributed by atoms with Gasteiger partial charge in [-0.15, -0.1) is 6.42 Å². The number of fused-ring (bicyclic) bond motifs is 1. The van der Waals surface area contributed by atoms with E-state index in [4.69, 9.17) is 38.0 Å². The molecule has 3 heterocycles. The monoisotopic (exact) mass is 517 g/mol. The number of nitrogen functional groups attached to an aromatic ring is 1. The van der Waals surface area contributed by atoms with Crippen molar-refractivity contribution >= 4 is 48.1 Å². The van der Waals surface area contributed by atoms with E-state index in [1.807, 2.05) is 0 Å². The van der Waals surface area contributed by atoms with Crippen LogP contribution >= 0.6 is 19.2 Å². The Morgan fingerprint density at radius 2 is 2.15 bits per heavy atom. The number of imidazole rings is 1. The molecule has 3 rings (SSSR count). The number of rotatable bonds is 7. The SMILES string of the molecule is C#C[C@@]1(C)[C@@H](COC(C(=O)OC)P(=O)(O)O)O[C@@H](n2cnc3c(N)nc(Cl)nc32)[C@@H]1OC(C)=O. The molecule has 0 spiro atoms. The highest BCUT2D eigenvalue weighted by atomic mass is 35.5. The zero-order valence-electron chi connectivity index (χ0n) is 18.1. The quantitative estimate of drug-likeness (QED) is 0.195. The van der Waals surface area contributed by atoms with Crippen molar-refractivity contribution in [2.24, 2.45) is 5.41 Å². The number of terminal acetylenes is 1. The van der Waals surface area contributed by atoms with Crippen LogP contribution < -0.4 is 5.73 Å². The highest BCUT2D eigenvalue weighted by molar-refractivity contribution is 7.53. The van der Waals surface area contributed by atoms with Crippen LogP contribution in [0.5, 0.6) is 0 Å². The fraction of sp³-hybridized carbons (Fsp3) is 0.500. The minimum atomic E-state index is -5.05. The summed E-state index contributed by atoms with van der Waals surface area (Å²) in [4.78, 5) is 54.7. The van der Waals surface area contributed by atoms with Crippen molar-refractivity contribution in [2.45, 2.75) is 38.1 Å². The van der Waals surface area contributed by atoms with Gasteiger partial charge in [-0.1, -0.05) is 5.92 Å². The molecule has 1 unspecified atom stereocenters. The van der Waals surface area contributed by atoms with Gasteiger partial charge in [0.25, 0.3) is 5.85 Å². The van der Waals surface area contributed by atoms with Crippen LogP contribution in [0.2, 0.25) is 5.28 Å². The molecule has 34 heavy (non-hydrogen) atoms. The number of carbonyl (C=O) groups is 2. The summed E-state index contributed by atoms with van der Waals surface area (Å²) in [5, 5.41) is -0.170. The van der Waals surface area contributed by atoms with Gasteiger partial charge in [0.1, 0.15) is 11.6 Å². The highest BCUT2D eigenvalue weighted by Crippen LogP contribution is 2.48. The largest absolute Gasteiger partial charge is 0.467 e. The average Bonchev–Trinajstić information content (AvgIpc) is 3.27. The smallest absolute Gasteiger partial charge is 0.365 e. The van der Waals surface area contributed by atoms with E-state index in [1.54, 1.807) is 0 Å². The average molecular weight is 518 g/mol. The molecule has 1 fully saturated rings. The Morgan fingerprint density at radius 1 is 1.47 bits per heavy atom. The fourth-order valence-electron chi connectivity index (χ4n) is 3.50. The molecule has 5 atom stereocenters. The lowest BCUT2D eigenvalue weighted by molar-refractivity contribution is -0.155. The zero-order valence-corrected chi connectivity index (χ0v) is 19.8. The molecule has 0 amide bonds. The summed E-state index contributed by atoms with van der Waals surface area (Å²) in [5.74, 6) is -1.68. The second-order valence-electron chi connectivity index (χ2n) is 7.47. The molecule has 2 aromatic rings. The number of nitrogens with zero attached hydrogens (tertiary/aromatic N) is 4. The molecule has 14 nitrogen and oxygen atoms in total. The number of halogens is 1. The molecule has 1 aliphatic heterocycles. The molecule has 0 bridgehead atoms. The van der Waals surface area contributed by atoms with E-state index in [-0.39, 0.29) is 22.3 Å². The van der Waals surface area contributed by atoms with Gasteiger partial charge in [0.2, 0.25) is 5.28 Å². The zero-order chi connectivity index (χ0) is 25.4.